The number of rotatable bonds is 12. The number of nitrogens with one attached hydrogen (secondary N) is 2. The zero-order chi connectivity index (χ0) is 32.2. The van der Waals surface area contributed by atoms with Crippen molar-refractivity contribution in [3.8, 4) is 0 Å². The summed E-state index contributed by atoms with van der Waals surface area (Å²) in [5.74, 6) is -2.86. The number of carbonyl (C=O) groups is 5. The van der Waals surface area contributed by atoms with Gasteiger partial charge in [-0.05, 0) is 43.5 Å². The smallest absolute Gasteiger partial charge is 0.419 e. The number of aryl methyl sites for hydroxylation is 1. The number of amides is 3. The van der Waals surface area contributed by atoms with Crippen LogP contribution in [0.2, 0.25) is 0 Å². The van der Waals surface area contributed by atoms with Gasteiger partial charge in [-0.25, -0.2) is 19.7 Å². The maximum Gasteiger partial charge on any atom is 0.419 e. The molecule has 0 saturated heterocycles. The first-order chi connectivity index (χ1) is 21.0. The number of aromatic amines is 1. The quantitative estimate of drug-likeness (QED) is 0.101. The van der Waals surface area contributed by atoms with Crippen LogP contribution in [0.1, 0.15) is 63.7 Å². The van der Waals surface area contributed by atoms with Gasteiger partial charge in [0.15, 0.2) is 11.7 Å². The number of hydrogen-bond acceptors (Lipinski definition) is 10. The number of H-pyrrole nitrogens is 1. The fraction of sp³-hybridized carbons (Fsp3) is 0.286. The highest BCUT2D eigenvalue weighted by atomic mass is 16.7. The molecule has 3 amide bonds. The van der Waals surface area contributed by atoms with Crippen LogP contribution in [0.25, 0.3) is 0 Å². The number of benzene rings is 1. The predicted molar refractivity (Wildman–Crippen MR) is 156 cm³/mol. The van der Waals surface area contributed by atoms with Crippen molar-refractivity contribution in [2.75, 3.05) is 18.7 Å². The Morgan fingerprint density at radius 2 is 1.93 bits per heavy atom. The van der Waals surface area contributed by atoms with Gasteiger partial charge in [0.05, 0.1) is 36.1 Å². The Kier molecular flexibility index (Phi) is 11.5. The zero-order valence-electron chi connectivity index (χ0n) is 24.2. The predicted octanol–water partition coefficient (Wildman–Crippen LogP) is 3.29. The maximum atomic E-state index is 13.4. The first-order valence-corrected chi connectivity index (χ1v) is 13.2. The average molecular weight is 610 g/mol. The van der Waals surface area contributed by atoms with Crippen molar-refractivity contribution in [3.05, 3.63) is 64.7 Å². The van der Waals surface area contributed by atoms with E-state index in [0.29, 0.717) is 28.9 Å². The Morgan fingerprint density at radius 1 is 1.16 bits per heavy atom. The molecular weight excluding hydrogens is 578 g/mol. The molecule has 232 valence electrons. The lowest BCUT2D eigenvalue weighted by Crippen LogP contribution is -2.38. The van der Waals surface area contributed by atoms with Gasteiger partial charge in [0, 0.05) is 24.4 Å². The number of ether oxygens (including phenoxy) is 2. The van der Waals surface area contributed by atoms with Crippen LogP contribution in [0.5, 0.6) is 0 Å². The second-order valence-electron chi connectivity index (χ2n) is 9.15. The van der Waals surface area contributed by atoms with Gasteiger partial charge >= 0.3 is 18.0 Å². The summed E-state index contributed by atoms with van der Waals surface area (Å²) < 4.78 is 14.4. The fourth-order valence-corrected chi connectivity index (χ4v) is 3.77. The van der Waals surface area contributed by atoms with Gasteiger partial charge in [-0.2, -0.15) is 0 Å². The molecular formula is C28H31N7O9. The summed E-state index contributed by atoms with van der Waals surface area (Å²) in [6, 6.07) is 6.36. The van der Waals surface area contributed by atoms with Crippen molar-refractivity contribution < 1.29 is 43.1 Å². The van der Waals surface area contributed by atoms with Crippen LogP contribution in [0, 0.1) is 13.8 Å². The van der Waals surface area contributed by atoms with Crippen molar-refractivity contribution in [1.29, 1.82) is 0 Å². The number of carboxylic acids is 1. The minimum atomic E-state index is -1.18. The number of amidine groups is 1. The Bertz CT molecular complexity index is 1580. The molecule has 0 aliphatic carbocycles. The third kappa shape index (κ3) is 8.60. The Labute approximate surface area is 250 Å². The number of anilines is 1. The first-order valence-electron chi connectivity index (χ1n) is 13.2. The van der Waals surface area contributed by atoms with Crippen LogP contribution in [0.4, 0.5) is 16.3 Å². The highest BCUT2D eigenvalue weighted by Crippen LogP contribution is 2.24. The molecule has 0 bridgehead atoms. The summed E-state index contributed by atoms with van der Waals surface area (Å²) in [4.78, 5) is 73.5. The van der Waals surface area contributed by atoms with Crippen LogP contribution < -0.4 is 11.1 Å². The molecule has 16 heteroatoms. The van der Waals surface area contributed by atoms with E-state index < -0.39 is 49.5 Å². The number of imide groups is 1. The van der Waals surface area contributed by atoms with E-state index in [4.69, 9.17) is 24.8 Å². The molecule has 0 spiro atoms. The number of aliphatic carboxylic acids is 1. The van der Waals surface area contributed by atoms with Gasteiger partial charge in [-0.1, -0.05) is 18.1 Å². The van der Waals surface area contributed by atoms with Gasteiger partial charge in [0.25, 0.3) is 11.8 Å². The molecule has 44 heavy (non-hydrogen) atoms. The van der Waals surface area contributed by atoms with E-state index in [1.54, 1.807) is 39.0 Å². The van der Waals surface area contributed by atoms with E-state index in [1.807, 2.05) is 0 Å². The molecule has 0 radical (unpaired) electrons. The zero-order valence-corrected chi connectivity index (χ0v) is 24.2. The third-order valence-corrected chi connectivity index (χ3v) is 6.03. The summed E-state index contributed by atoms with van der Waals surface area (Å²) in [5, 5.41) is 14.9. The summed E-state index contributed by atoms with van der Waals surface area (Å²) in [6.45, 7) is 4.36. The molecule has 0 saturated carbocycles. The molecule has 5 N–H and O–H groups in total. The Hall–Kier alpha value is -5.80. The monoisotopic (exact) mass is 609 g/mol. The summed E-state index contributed by atoms with van der Waals surface area (Å²) in [7, 11) is 0. The Balaban J connectivity index is 1.82. The number of aliphatic imine (C=N–C) groups is 2. The van der Waals surface area contributed by atoms with Crippen molar-refractivity contribution in [3.63, 3.8) is 0 Å². The molecule has 2 aromatic heterocycles. The van der Waals surface area contributed by atoms with Gasteiger partial charge in [0.1, 0.15) is 6.26 Å². The number of nitrogens with zero attached hydrogens (tertiary/aromatic N) is 4. The lowest BCUT2D eigenvalue weighted by atomic mass is 10.1. The molecule has 0 aliphatic heterocycles. The molecule has 0 unspecified atom stereocenters. The van der Waals surface area contributed by atoms with Crippen LogP contribution in [-0.4, -0.2) is 75.5 Å². The average Bonchev–Trinajstić information content (AvgIpc) is 3.64. The van der Waals surface area contributed by atoms with E-state index in [2.05, 4.69) is 25.4 Å². The topological polar surface area (TPSA) is 232 Å². The maximum absolute atomic E-state index is 13.4. The van der Waals surface area contributed by atoms with Gasteiger partial charge in [-0.3, -0.25) is 19.2 Å². The summed E-state index contributed by atoms with van der Waals surface area (Å²) >= 11 is 0. The molecule has 2 heterocycles. The number of carboxylic acid groups (broad SMARTS) is 1. The molecule has 1 aromatic carbocycles. The van der Waals surface area contributed by atoms with Crippen molar-refractivity contribution in [2.45, 2.75) is 40.0 Å². The Morgan fingerprint density at radius 3 is 2.59 bits per heavy atom. The number of nitrogens with two attached hydrogens (primary N) is 1. The van der Waals surface area contributed by atoms with E-state index in [-0.39, 0.29) is 29.3 Å². The lowest BCUT2D eigenvalue weighted by Gasteiger charge is -2.19. The number of aromatic nitrogens is 2. The second kappa shape index (κ2) is 15.4. The second-order valence-corrected chi connectivity index (χ2v) is 9.15. The van der Waals surface area contributed by atoms with Crippen molar-refractivity contribution in [1.82, 2.24) is 15.0 Å². The van der Waals surface area contributed by atoms with Crippen LogP contribution >= 0.6 is 0 Å². The minimum Gasteiger partial charge on any atom is -0.481 e. The largest absolute Gasteiger partial charge is 0.481 e. The SMILES string of the molecule is CCCN(C(=O)OCOC(=O)CCC(=O)O)C(=O)c1c[nH]c(C(N=CN)=Nc2cc(C(=O)Nc3ccon3)ccc2C)c1C. The lowest BCUT2D eigenvalue weighted by molar-refractivity contribution is -0.154. The standard InChI is InChI=1S/C28H31N7O9/c1-4-10-35(28(41)43-15-42-23(38)8-7-22(36)37)27(40)19-13-30-24(17(19)3)25(31-14-29)32-20-12-18(6-5-16(20)2)26(39)33-21-9-11-44-34-21/h5-6,9,11-14,30H,4,7-8,10,15H2,1-3H3,(H,36,37)(H2,29,31,32)(H,33,34,39). The van der Waals surface area contributed by atoms with Gasteiger partial charge in [-0.15, -0.1) is 0 Å². The number of esters is 1. The van der Waals surface area contributed by atoms with Gasteiger partial charge < -0.3 is 35.1 Å². The molecule has 3 aromatic rings. The normalized spacial score (nSPS) is 11.3. The van der Waals surface area contributed by atoms with Crippen molar-refractivity contribution in [2.24, 2.45) is 15.7 Å². The number of carbonyl (C=O) groups excluding carboxylic acids is 4. The van der Waals surface area contributed by atoms with Crippen LogP contribution in [-0.2, 0) is 19.1 Å². The third-order valence-electron chi connectivity index (χ3n) is 6.03. The summed E-state index contributed by atoms with van der Waals surface area (Å²) in [5.41, 5.74) is 7.82. The molecule has 16 nitrogen and oxygen atoms in total. The number of hydrogen-bond donors (Lipinski definition) is 4. The van der Waals surface area contributed by atoms with Gasteiger partial charge in [0.2, 0.25) is 6.79 Å². The van der Waals surface area contributed by atoms with E-state index in [0.717, 1.165) is 11.2 Å². The highest BCUT2D eigenvalue weighted by molar-refractivity contribution is 6.09. The molecule has 3 rings (SSSR count). The van der Waals surface area contributed by atoms with E-state index in [1.165, 1.54) is 18.5 Å². The molecule has 0 aliphatic rings. The molecule has 0 fully saturated rings. The van der Waals surface area contributed by atoms with Crippen LogP contribution in [0.15, 0.2) is 51.2 Å². The highest BCUT2D eigenvalue weighted by Gasteiger charge is 2.28. The van der Waals surface area contributed by atoms with E-state index in [9.17, 15) is 24.0 Å². The first kappa shape index (κ1) is 32.7. The van der Waals surface area contributed by atoms with Crippen molar-refractivity contribution >= 4 is 53.5 Å². The minimum absolute atomic E-state index is 0.00509. The van der Waals surface area contributed by atoms with Crippen LogP contribution in [0.3, 0.4) is 0 Å². The van der Waals surface area contributed by atoms with E-state index >= 15 is 0 Å². The fourth-order valence-electron chi connectivity index (χ4n) is 3.77. The molecule has 0 atom stereocenters. The summed E-state index contributed by atoms with van der Waals surface area (Å²) in [6.07, 6.45) is 2.23.